The lowest BCUT2D eigenvalue weighted by Gasteiger charge is -2.20. The molecule has 0 radical (unpaired) electrons. The number of hydrogen-bond donors (Lipinski definition) is 5. The van der Waals surface area contributed by atoms with Crippen molar-refractivity contribution in [1.29, 1.82) is 5.41 Å². The third kappa shape index (κ3) is 10.5. The summed E-state index contributed by atoms with van der Waals surface area (Å²) in [5.41, 5.74) is 3.90. The van der Waals surface area contributed by atoms with Gasteiger partial charge in [0.2, 0.25) is 0 Å². The molecule has 2 amide bonds. The molecular formula is C34H42N4O8. The second-order valence-corrected chi connectivity index (χ2v) is 10.6. The van der Waals surface area contributed by atoms with Crippen LogP contribution in [0.3, 0.4) is 0 Å². The number of ether oxygens (including phenoxy) is 4. The number of aryl methyl sites for hydroxylation is 1. The van der Waals surface area contributed by atoms with Gasteiger partial charge in [-0.1, -0.05) is 18.6 Å². The number of carbonyl (C=O) groups excluding carboxylic acids is 3. The number of anilines is 2. The maximum absolute atomic E-state index is 13.4. The molecule has 12 nitrogen and oxygen atoms in total. The van der Waals surface area contributed by atoms with Gasteiger partial charge in [-0.05, 0) is 88.2 Å². The molecule has 46 heavy (non-hydrogen) atoms. The van der Waals surface area contributed by atoms with Crippen LogP contribution in [-0.4, -0.2) is 54.8 Å². The molecule has 0 heterocycles. The molecule has 0 atom stereocenters. The van der Waals surface area contributed by atoms with Gasteiger partial charge < -0.3 is 34.7 Å². The van der Waals surface area contributed by atoms with Crippen molar-refractivity contribution in [2.24, 2.45) is 0 Å². The number of amidine groups is 1. The summed E-state index contributed by atoms with van der Waals surface area (Å²) in [7, 11) is 0. The molecule has 3 aromatic rings. The largest absolute Gasteiger partial charge is 0.487 e. The Hall–Kier alpha value is -5.10. The van der Waals surface area contributed by atoms with Crippen LogP contribution >= 0.6 is 0 Å². The Morgan fingerprint density at radius 1 is 0.978 bits per heavy atom. The minimum absolute atomic E-state index is 0.123. The molecule has 0 unspecified atom stereocenters. The van der Waals surface area contributed by atoms with Crippen molar-refractivity contribution in [2.75, 3.05) is 30.5 Å². The van der Waals surface area contributed by atoms with Gasteiger partial charge in [0.05, 0.1) is 31.5 Å². The normalized spacial score (nSPS) is 10.6. The van der Waals surface area contributed by atoms with Crippen molar-refractivity contribution in [2.45, 2.75) is 60.3 Å². The Bertz CT molecular complexity index is 1520. The number of rotatable bonds is 15. The number of aliphatic hydroxyl groups excluding tert-OH is 1. The fourth-order valence-corrected chi connectivity index (χ4v) is 4.30. The Balaban J connectivity index is 1.81. The standard InChI is InChI=1S/C34H42N4O8/c1-6-14-44-34(42)38-32(35)24-9-11-26(12-10-24)37-33(41)27-15-22(5)8-13-28(27)36-18-25-16-23(19-39)17-29(46-21(3)4)31(25)45-20-30(40)43-7-2/h8-13,15-17,21,36,39H,6-7,14,18-20H2,1-5H3,(H,37,41)(H2,35,38,42). The Morgan fingerprint density at radius 3 is 2.37 bits per heavy atom. The van der Waals surface area contributed by atoms with E-state index < -0.39 is 12.1 Å². The van der Waals surface area contributed by atoms with Crippen LogP contribution < -0.4 is 25.4 Å². The van der Waals surface area contributed by atoms with E-state index in [-0.39, 0.29) is 50.8 Å². The van der Waals surface area contributed by atoms with E-state index in [0.717, 1.165) is 5.56 Å². The van der Waals surface area contributed by atoms with Gasteiger partial charge in [-0.2, -0.15) is 0 Å². The van der Waals surface area contributed by atoms with Gasteiger partial charge in [-0.15, -0.1) is 0 Å². The number of benzene rings is 3. The number of aliphatic hydroxyl groups is 1. The van der Waals surface area contributed by atoms with Crippen LogP contribution in [-0.2, 0) is 27.4 Å². The van der Waals surface area contributed by atoms with E-state index in [0.29, 0.717) is 51.5 Å². The average molecular weight is 635 g/mol. The van der Waals surface area contributed by atoms with Crippen molar-refractivity contribution >= 4 is 35.2 Å². The van der Waals surface area contributed by atoms with Crippen molar-refractivity contribution in [3.05, 3.63) is 82.4 Å². The van der Waals surface area contributed by atoms with E-state index in [1.54, 1.807) is 55.5 Å². The molecule has 0 aliphatic carbocycles. The fourth-order valence-electron chi connectivity index (χ4n) is 4.30. The summed E-state index contributed by atoms with van der Waals surface area (Å²) in [6.07, 6.45) is -0.233. The summed E-state index contributed by atoms with van der Waals surface area (Å²) in [6.45, 7) is 9.25. The van der Waals surface area contributed by atoms with Crippen molar-refractivity contribution < 1.29 is 38.4 Å². The molecule has 0 saturated heterocycles. The summed E-state index contributed by atoms with van der Waals surface area (Å²) >= 11 is 0. The first-order valence-electron chi connectivity index (χ1n) is 15.0. The van der Waals surface area contributed by atoms with Crippen molar-refractivity contribution in [3.63, 3.8) is 0 Å². The lowest BCUT2D eigenvalue weighted by atomic mass is 10.1. The first-order chi connectivity index (χ1) is 22.0. The summed E-state index contributed by atoms with van der Waals surface area (Å²) < 4.78 is 21.8. The highest BCUT2D eigenvalue weighted by Gasteiger charge is 2.19. The van der Waals surface area contributed by atoms with Gasteiger partial charge in [-0.3, -0.25) is 15.5 Å². The van der Waals surface area contributed by atoms with Crippen LogP contribution in [0.15, 0.2) is 54.6 Å². The molecule has 0 fully saturated rings. The van der Waals surface area contributed by atoms with E-state index in [1.807, 2.05) is 33.8 Å². The second-order valence-electron chi connectivity index (χ2n) is 10.6. The van der Waals surface area contributed by atoms with E-state index >= 15 is 0 Å². The van der Waals surface area contributed by atoms with Gasteiger partial charge in [0.1, 0.15) is 5.84 Å². The first kappa shape index (κ1) is 35.4. The lowest BCUT2D eigenvalue weighted by molar-refractivity contribution is -0.145. The number of carbonyl (C=O) groups is 3. The van der Waals surface area contributed by atoms with E-state index in [2.05, 4.69) is 16.0 Å². The molecule has 5 N–H and O–H groups in total. The van der Waals surface area contributed by atoms with Crippen LogP contribution in [0.1, 0.15) is 66.7 Å². The SMILES string of the molecule is CCCOC(=O)NC(=N)c1ccc(NC(=O)c2cc(C)ccc2NCc2cc(CO)cc(OC(C)C)c2OCC(=O)OCC)cc1. The Kier molecular flexibility index (Phi) is 13.4. The third-order valence-electron chi connectivity index (χ3n) is 6.36. The minimum Gasteiger partial charge on any atom is -0.487 e. The molecular weight excluding hydrogens is 592 g/mol. The summed E-state index contributed by atoms with van der Waals surface area (Å²) in [5, 5.41) is 26.6. The Morgan fingerprint density at radius 2 is 1.72 bits per heavy atom. The highest BCUT2D eigenvalue weighted by atomic mass is 16.6. The average Bonchev–Trinajstić information content (AvgIpc) is 3.02. The zero-order valence-corrected chi connectivity index (χ0v) is 26.8. The highest BCUT2D eigenvalue weighted by Crippen LogP contribution is 2.35. The van der Waals surface area contributed by atoms with Gasteiger partial charge in [-0.25, -0.2) is 9.59 Å². The molecule has 0 aliphatic rings. The molecule has 0 bridgehead atoms. The maximum Gasteiger partial charge on any atom is 0.412 e. The number of esters is 1. The smallest absolute Gasteiger partial charge is 0.412 e. The van der Waals surface area contributed by atoms with Gasteiger partial charge >= 0.3 is 12.1 Å². The van der Waals surface area contributed by atoms with Gasteiger partial charge in [0.25, 0.3) is 5.91 Å². The molecule has 3 rings (SSSR count). The van der Waals surface area contributed by atoms with E-state index in [9.17, 15) is 19.5 Å². The quantitative estimate of drug-likeness (QED) is 0.0819. The lowest BCUT2D eigenvalue weighted by Crippen LogP contribution is -2.31. The number of amides is 2. The molecule has 0 saturated carbocycles. The van der Waals surface area contributed by atoms with Crippen LogP contribution in [0.4, 0.5) is 16.2 Å². The number of nitrogens with one attached hydrogen (secondary N) is 4. The van der Waals surface area contributed by atoms with Crippen LogP contribution in [0.5, 0.6) is 11.5 Å². The topological polar surface area (TPSA) is 168 Å². The molecule has 0 aliphatic heterocycles. The third-order valence-corrected chi connectivity index (χ3v) is 6.36. The van der Waals surface area contributed by atoms with Crippen LogP contribution in [0, 0.1) is 12.3 Å². The summed E-state index contributed by atoms with van der Waals surface area (Å²) in [6, 6.07) is 15.3. The van der Waals surface area contributed by atoms with E-state index in [1.165, 1.54) is 0 Å². The zero-order valence-electron chi connectivity index (χ0n) is 26.8. The molecule has 12 heteroatoms. The van der Waals surface area contributed by atoms with Crippen LogP contribution in [0.25, 0.3) is 0 Å². The molecule has 0 spiro atoms. The molecule has 3 aromatic carbocycles. The summed E-state index contributed by atoms with van der Waals surface area (Å²) in [5.74, 6) is -0.335. The molecule has 0 aromatic heterocycles. The highest BCUT2D eigenvalue weighted by molar-refractivity contribution is 6.09. The van der Waals surface area contributed by atoms with Crippen LogP contribution in [0.2, 0.25) is 0 Å². The maximum atomic E-state index is 13.4. The zero-order chi connectivity index (χ0) is 33.6. The second kappa shape index (κ2) is 17.4. The van der Waals surface area contributed by atoms with Gasteiger partial charge in [0.15, 0.2) is 18.1 Å². The Labute approximate surface area is 268 Å². The van der Waals surface area contributed by atoms with Crippen molar-refractivity contribution in [1.82, 2.24) is 5.32 Å². The van der Waals surface area contributed by atoms with E-state index in [4.69, 9.17) is 24.4 Å². The molecule has 246 valence electrons. The predicted octanol–water partition coefficient (Wildman–Crippen LogP) is 5.54. The first-order valence-corrected chi connectivity index (χ1v) is 15.0. The fraction of sp³-hybridized carbons (Fsp3) is 0.353. The van der Waals surface area contributed by atoms with Crippen molar-refractivity contribution in [3.8, 4) is 11.5 Å². The van der Waals surface area contributed by atoms with Gasteiger partial charge in [0, 0.05) is 29.0 Å². The minimum atomic E-state index is -0.701. The predicted molar refractivity (Wildman–Crippen MR) is 175 cm³/mol. The monoisotopic (exact) mass is 634 g/mol. The number of alkyl carbamates (subject to hydrolysis) is 1. The summed E-state index contributed by atoms with van der Waals surface area (Å²) in [4.78, 5) is 37.3. The number of hydrogen-bond acceptors (Lipinski definition) is 10.